The average Bonchev–Trinajstić information content (AvgIpc) is 2.43. The third-order valence-corrected chi connectivity index (χ3v) is 5.42. The number of ether oxygens (including phenoxy) is 1. The lowest BCUT2D eigenvalue weighted by molar-refractivity contribution is -0.142. The van der Waals surface area contributed by atoms with Crippen molar-refractivity contribution >= 4 is 22.0 Å². The van der Waals surface area contributed by atoms with Gasteiger partial charge in [0.2, 0.25) is 10.0 Å². The van der Waals surface area contributed by atoms with Gasteiger partial charge < -0.3 is 9.84 Å². The van der Waals surface area contributed by atoms with Crippen molar-refractivity contribution in [1.82, 2.24) is 4.72 Å². The summed E-state index contributed by atoms with van der Waals surface area (Å²) >= 11 is 0. The molecule has 116 valence electrons. The lowest BCUT2D eigenvalue weighted by Gasteiger charge is -2.24. The van der Waals surface area contributed by atoms with E-state index in [1.165, 1.54) is 7.11 Å². The summed E-state index contributed by atoms with van der Waals surface area (Å²) in [6.07, 6.45) is 3.54. The summed E-state index contributed by atoms with van der Waals surface area (Å²) < 4.78 is 30.9. The summed E-state index contributed by atoms with van der Waals surface area (Å²) in [5.74, 6) is -1.85. The van der Waals surface area contributed by atoms with E-state index in [2.05, 4.69) is 9.46 Å². The molecule has 0 radical (unpaired) electrons. The van der Waals surface area contributed by atoms with Gasteiger partial charge in [-0.2, -0.15) is 0 Å². The minimum atomic E-state index is -3.67. The van der Waals surface area contributed by atoms with Crippen molar-refractivity contribution in [3.63, 3.8) is 0 Å². The molecular formula is C12H21NO6S. The minimum Gasteiger partial charge on any atom is -0.480 e. The first-order chi connectivity index (χ1) is 9.36. The largest absolute Gasteiger partial charge is 0.480 e. The first-order valence-electron chi connectivity index (χ1n) is 6.67. The number of carbonyl (C=O) groups is 2. The van der Waals surface area contributed by atoms with E-state index in [1.807, 2.05) is 0 Å². The highest BCUT2D eigenvalue weighted by Crippen LogP contribution is 2.23. The summed E-state index contributed by atoms with van der Waals surface area (Å²) in [5, 5.41) is 8.51. The van der Waals surface area contributed by atoms with Gasteiger partial charge in [-0.1, -0.05) is 19.3 Å². The second-order valence-corrected chi connectivity index (χ2v) is 6.92. The Balaban J connectivity index is 2.63. The molecule has 7 nitrogen and oxygen atoms in total. The third-order valence-electron chi connectivity index (χ3n) is 3.46. The number of hydrogen-bond donors (Lipinski definition) is 2. The van der Waals surface area contributed by atoms with Crippen LogP contribution in [0, 0.1) is 0 Å². The molecule has 0 saturated heterocycles. The summed E-state index contributed by atoms with van der Waals surface area (Å²) in [6.45, 7) is 0. The van der Waals surface area contributed by atoms with Crippen LogP contribution in [0.15, 0.2) is 0 Å². The number of rotatable bonds is 7. The number of carboxylic acids is 1. The molecular weight excluding hydrogens is 286 g/mol. The average molecular weight is 307 g/mol. The lowest BCUT2D eigenvalue weighted by atomic mass is 10.0. The molecule has 1 rings (SSSR count). The molecule has 2 N–H and O–H groups in total. The van der Waals surface area contributed by atoms with Crippen molar-refractivity contribution < 1.29 is 27.9 Å². The monoisotopic (exact) mass is 307 g/mol. The van der Waals surface area contributed by atoms with Crippen LogP contribution in [0.1, 0.15) is 44.9 Å². The Morgan fingerprint density at radius 2 is 1.90 bits per heavy atom. The number of sulfonamides is 1. The molecule has 0 heterocycles. The van der Waals surface area contributed by atoms with E-state index >= 15 is 0 Å². The summed E-state index contributed by atoms with van der Waals surface area (Å²) in [5.41, 5.74) is 0. The second kappa shape index (κ2) is 7.58. The van der Waals surface area contributed by atoms with Gasteiger partial charge in [-0.15, -0.1) is 0 Å². The van der Waals surface area contributed by atoms with E-state index in [1.54, 1.807) is 0 Å². The Labute approximate surface area is 118 Å². The summed E-state index contributed by atoms with van der Waals surface area (Å²) in [4.78, 5) is 22.1. The zero-order chi connectivity index (χ0) is 15.2. The van der Waals surface area contributed by atoms with Crippen LogP contribution in [-0.4, -0.2) is 43.9 Å². The highest BCUT2D eigenvalue weighted by molar-refractivity contribution is 7.90. The molecule has 0 bridgehead atoms. The number of nitrogens with one attached hydrogen (secondary N) is 1. The van der Waals surface area contributed by atoms with Gasteiger partial charge in [0, 0.05) is 6.42 Å². The fourth-order valence-electron chi connectivity index (χ4n) is 2.27. The number of hydrogen-bond acceptors (Lipinski definition) is 5. The van der Waals surface area contributed by atoms with E-state index in [9.17, 15) is 18.0 Å². The van der Waals surface area contributed by atoms with Gasteiger partial charge in [0.25, 0.3) is 0 Å². The number of esters is 1. The molecule has 0 amide bonds. The molecule has 1 fully saturated rings. The molecule has 20 heavy (non-hydrogen) atoms. The number of methoxy groups -OCH3 is 1. The second-order valence-electron chi connectivity index (χ2n) is 4.93. The molecule has 1 saturated carbocycles. The topological polar surface area (TPSA) is 110 Å². The van der Waals surface area contributed by atoms with Gasteiger partial charge >= 0.3 is 11.9 Å². The van der Waals surface area contributed by atoms with E-state index in [0.717, 1.165) is 19.3 Å². The van der Waals surface area contributed by atoms with Gasteiger partial charge in [-0.3, -0.25) is 9.59 Å². The van der Waals surface area contributed by atoms with Gasteiger partial charge in [0.1, 0.15) is 6.04 Å². The summed E-state index contributed by atoms with van der Waals surface area (Å²) in [6, 6.07) is -1.29. The Morgan fingerprint density at radius 3 is 2.40 bits per heavy atom. The van der Waals surface area contributed by atoms with Gasteiger partial charge in [-0.05, 0) is 19.3 Å². The zero-order valence-electron chi connectivity index (χ0n) is 11.5. The van der Waals surface area contributed by atoms with Crippen LogP contribution >= 0.6 is 0 Å². The van der Waals surface area contributed by atoms with Gasteiger partial charge in [-0.25, -0.2) is 13.1 Å². The molecule has 0 aromatic carbocycles. The van der Waals surface area contributed by atoms with Crippen LogP contribution in [0.5, 0.6) is 0 Å². The molecule has 1 unspecified atom stereocenters. The standard InChI is InChI=1S/C12H21NO6S/c1-19-11(14)8-7-10(12(15)16)13-20(17,18)9-5-3-2-4-6-9/h9-10,13H,2-8H2,1H3,(H,15,16). The molecule has 0 aromatic rings. The molecule has 1 aliphatic rings. The normalized spacial score (nSPS) is 18.4. The minimum absolute atomic E-state index is 0.117. The first kappa shape index (κ1) is 16.9. The van der Waals surface area contributed by atoms with Gasteiger partial charge in [0.05, 0.1) is 12.4 Å². The SMILES string of the molecule is COC(=O)CCC(NS(=O)(=O)C1CCCCC1)C(=O)O. The molecule has 1 aliphatic carbocycles. The number of aliphatic carboxylic acids is 1. The van der Waals surface area contributed by atoms with Crippen LogP contribution < -0.4 is 4.72 Å². The van der Waals surface area contributed by atoms with E-state index < -0.39 is 33.3 Å². The summed E-state index contributed by atoms with van der Waals surface area (Å²) in [7, 11) is -2.47. The maximum Gasteiger partial charge on any atom is 0.321 e. The quantitative estimate of drug-likeness (QED) is 0.668. The van der Waals surface area contributed by atoms with Gasteiger partial charge in [0.15, 0.2) is 0 Å². The Kier molecular flexibility index (Phi) is 6.41. The predicted molar refractivity (Wildman–Crippen MR) is 71.6 cm³/mol. The van der Waals surface area contributed by atoms with Crippen LogP contribution in [0.3, 0.4) is 0 Å². The Hall–Kier alpha value is -1.15. The van der Waals surface area contributed by atoms with Crippen molar-refractivity contribution in [2.24, 2.45) is 0 Å². The highest BCUT2D eigenvalue weighted by Gasteiger charge is 2.32. The number of carboxylic acid groups (broad SMARTS) is 1. The molecule has 8 heteroatoms. The maximum atomic E-state index is 12.1. The van der Waals surface area contributed by atoms with Crippen LogP contribution in [0.25, 0.3) is 0 Å². The maximum absolute atomic E-state index is 12.1. The third kappa shape index (κ3) is 5.09. The fourth-order valence-corrected chi connectivity index (χ4v) is 4.03. The Bertz CT molecular complexity index is 441. The van der Waals surface area contributed by atoms with Crippen molar-refractivity contribution in [2.75, 3.05) is 7.11 Å². The van der Waals surface area contributed by atoms with Crippen molar-refractivity contribution in [3.8, 4) is 0 Å². The predicted octanol–water partition coefficient (Wildman–Crippen LogP) is 0.645. The molecule has 0 spiro atoms. The van der Waals surface area contributed by atoms with Crippen molar-refractivity contribution in [2.45, 2.75) is 56.2 Å². The molecule has 0 aliphatic heterocycles. The lowest BCUT2D eigenvalue weighted by Crippen LogP contribution is -2.45. The number of carbonyl (C=O) groups excluding carboxylic acids is 1. The first-order valence-corrected chi connectivity index (χ1v) is 8.22. The van der Waals surface area contributed by atoms with E-state index in [4.69, 9.17) is 5.11 Å². The van der Waals surface area contributed by atoms with E-state index in [0.29, 0.717) is 12.8 Å². The van der Waals surface area contributed by atoms with Crippen LogP contribution in [0.2, 0.25) is 0 Å². The van der Waals surface area contributed by atoms with Crippen molar-refractivity contribution in [3.05, 3.63) is 0 Å². The van der Waals surface area contributed by atoms with Crippen LogP contribution in [-0.2, 0) is 24.3 Å². The smallest absolute Gasteiger partial charge is 0.321 e. The van der Waals surface area contributed by atoms with E-state index in [-0.39, 0.29) is 12.8 Å². The highest BCUT2D eigenvalue weighted by atomic mass is 32.2. The fraction of sp³-hybridized carbons (Fsp3) is 0.833. The zero-order valence-corrected chi connectivity index (χ0v) is 12.3. The van der Waals surface area contributed by atoms with Crippen molar-refractivity contribution in [1.29, 1.82) is 0 Å². The Morgan fingerprint density at radius 1 is 1.30 bits per heavy atom. The molecule has 0 aromatic heterocycles. The molecule has 1 atom stereocenters. The van der Waals surface area contributed by atoms with Crippen LogP contribution in [0.4, 0.5) is 0 Å².